The van der Waals surface area contributed by atoms with Crippen molar-refractivity contribution in [1.29, 1.82) is 0 Å². The van der Waals surface area contributed by atoms with E-state index in [1.165, 1.54) is 80.9 Å². The van der Waals surface area contributed by atoms with Crippen LogP contribution in [0, 0.1) is 17.6 Å². The van der Waals surface area contributed by atoms with Gasteiger partial charge in [0.1, 0.15) is 41.1 Å². The summed E-state index contributed by atoms with van der Waals surface area (Å²) in [7, 11) is 4.08. The van der Waals surface area contributed by atoms with E-state index >= 15 is 0 Å². The van der Waals surface area contributed by atoms with Gasteiger partial charge in [0.2, 0.25) is 0 Å². The number of aliphatic hydroxyl groups is 2. The van der Waals surface area contributed by atoms with Crippen molar-refractivity contribution in [2.45, 2.75) is 203 Å². The number of rotatable bonds is 15. The summed E-state index contributed by atoms with van der Waals surface area (Å²) in [6.45, 7) is 14.9. The Hall–Kier alpha value is -11.2. The molecule has 9 aliphatic rings. The number of amides is 4. The number of carbonyl (C=O) groups is 6. The Labute approximate surface area is 780 Å². The molecular weight excluding hydrogens is 1800 g/mol. The van der Waals surface area contributed by atoms with Crippen molar-refractivity contribution in [3.63, 3.8) is 0 Å². The van der Waals surface area contributed by atoms with Crippen molar-refractivity contribution >= 4 is 35.2 Å². The van der Waals surface area contributed by atoms with Gasteiger partial charge >= 0.3 is 24.7 Å². The van der Waals surface area contributed by atoms with Gasteiger partial charge in [-0.05, 0) is 240 Å². The predicted octanol–water partition coefficient (Wildman–Crippen LogP) is 17.6. The third kappa shape index (κ3) is 20.5. The molecule has 5 aromatic carbocycles. The molecule has 3 N–H and O–H groups in total. The highest BCUT2D eigenvalue weighted by atomic mass is 19.4. The first-order valence-corrected chi connectivity index (χ1v) is 45.9. The fourth-order valence-corrected chi connectivity index (χ4v) is 20.9. The van der Waals surface area contributed by atoms with Crippen LogP contribution in [0.15, 0.2) is 164 Å². The van der Waals surface area contributed by atoms with Crippen LogP contribution in [-0.2, 0) is 78.5 Å². The summed E-state index contributed by atoms with van der Waals surface area (Å²) in [4.78, 5) is 89.3. The molecule has 22 nitrogen and oxygen atoms in total. The minimum atomic E-state index is -4.91. The number of hydrogen-bond donors (Lipinski definition) is 3. The van der Waals surface area contributed by atoms with E-state index in [1.54, 1.807) is 95.3 Å². The highest BCUT2D eigenvalue weighted by molar-refractivity contribution is 6.00. The van der Waals surface area contributed by atoms with Crippen molar-refractivity contribution in [1.82, 2.24) is 57.9 Å². The topological polar surface area (TPSA) is 216 Å². The molecule has 136 heavy (non-hydrogen) atoms. The lowest BCUT2D eigenvalue weighted by atomic mass is 9.80. The molecule has 4 amide bonds. The zero-order valence-corrected chi connectivity index (χ0v) is 76.9. The number of likely N-dealkylation sites (N-methyl/N-ethyl adjacent to an activating group) is 2. The summed E-state index contributed by atoms with van der Waals surface area (Å²) in [6, 6.07) is 43.7. The fourth-order valence-electron chi connectivity index (χ4n) is 20.9. The number of ether oxygens (including phenoxy) is 2. The molecule has 4 spiro atoms. The maximum Gasteiger partial charge on any atom is 0.456 e. The highest BCUT2D eigenvalue weighted by Gasteiger charge is 2.54. The molecule has 0 unspecified atom stereocenters. The number of aromatic nitrogens is 4. The summed E-state index contributed by atoms with van der Waals surface area (Å²) in [5.74, 6) is -2.56. The van der Waals surface area contributed by atoms with E-state index in [9.17, 15) is 100 Å². The van der Waals surface area contributed by atoms with Crippen LogP contribution in [0.4, 0.5) is 61.5 Å². The third-order valence-corrected chi connectivity index (χ3v) is 28.4. The molecule has 4 saturated heterocycles. The molecule has 36 heteroatoms. The van der Waals surface area contributed by atoms with Crippen molar-refractivity contribution in [3.05, 3.63) is 260 Å². The molecule has 9 aromatic rings. The summed E-state index contributed by atoms with van der Waals surface area (Å²) in [5.41, 5.74) is -0.235. The van der Waals surface area contributed by atoms with Crippen LogP contribution in [0.1, 0.15) is 220 Å². The largest absolute Gasteiger partial charge is 0.491 e. The number of halogens is 14. The van der Waals surface area contributed by atoms with Gasteiger partial charge in [-0.1, -0.05) is 48.5 Å². The molecule has 1 saturated carbocycles. The molecule has 8 aliphatic heterocycles. The minimum Gasteiger partial charge on any atom is -0.491 e. The van der Waals surface area contributed by atoms with Crippen LogP contribution in [0.25, 0.3) is 0 Å². The third-order valence-electron chi connectivity index (χ3n) is 28.4. The van der Waals surface area contributed by atoms with Gasteiger partial charge in [-0.3, -0.25) is 43.5 Å². The first-order chi connectivity index (χ1) is 64.0. The molecule has 1 aliphatic carbocycles. The number of hydrogen-bond acceptors (Lipinski definition) is 14. The van der Waals surface area contributed by atoms with Gasteiger partial charge in [0.05, 0.1) is 63.0 Å². The van der Waals surface area contributed by atoms with Gasteiger partial charge in [-0.2, -0.15) is 52.7 Å². The highest BCUT2D eigenvalue weighted by Crippen LogP contribution is 2.50. The van der Waals surface area contributed by atoms with Gasteiger partial charge in [0.15, 0.2) is 5.78 Å². The number of nitrogens with one attached hydrogen (secondary N) is 1. The van der Waals surface area contributed by atoms with E-state index < -0.39 is 93.8 Å². The Balaban J connectivity index is 0.000000146. The maximum atomic E-state index is 14.5. The molecule has 0 atom stereocenters. The number of alkyl halides is 12. The van der Waals surface area contributed by atoms with Crippen LogP contribution in [-0.4, -0.2) is 216 Å². The van der Waals surface area contributed by atoms with E-state index in [-0.39, 0.29) is 111 Å². The molecule has 18 rings (SSSR count). The Kier molecular flexibility index (Phi) is 28.0. The molecule has 4 aromatic heterocycles. The van der Waals surface area contributed by atoms with Crippen LogP contribution < -0.4 is 14.8 Å². The number of piperidine rings is 4. The summed E-state index contributed by atoms with van der Waals surface area (Å²) in [6.07, 6.45) is -12.8. The first-order valence-electron chi connectivity index (χ1n) is 45.9. The Morgan fingerprint density at radius 3 is 1.38 bits per heavy atom. The lowest BCUT2D eigenvalue weighted by Crippen LogP contribution is -2.60. The summed E-state index contributed by atoms with van der Waals surface area (Å²) < 4.78 is 206. The maximum absolute atomic E-state index is 14.5. The van der Waals surface area contributed by atoms with E-state index in [4.69, 9.17) is 9.47 Å². The quantitative estimate of drug-likeness (QED) is 0.0643. The van der Waals surface area contributed by atoms with Crippen molar-refractivity contribution in [2.24, 2.45) is 5.92 Å². The second-order valence-electron chi connectivity index (χ2n) is 38.1. The van der Waals surface area contributed by atoms with Gasteiger partial charge < -0.3 is 62.9 Å². The van der Waals surface area contributed by atoms with Crippen LogP contribution in [0.2, 0.25) is 0 Å². The van der Waals surface area contributed by atoms with Crippen molar-refractivity contribution in [2.75, 3.05) is 99.2 Å². The average molecular weight is 1910 g/mol. The zero-order valence-electron chi connectivity index (χ0n) is 76.9. The SMILES string of the molecule is CC(C)(O)c1ccc(C(=O)N2CCC3(CC2)c2ccc(C(F)(F)F)n2CCN3CC(F)(F)F)cc1.CC(C)Oc1ccc(C(=O)N2CCC3(CC2)NCCn2c(C(F)(F)F)ccc23)c(F)c1.CN1CCn2c(C(=O)C(F)(F)F)ccc2C12CCN(C(=O)c1ccc(OCc3ccccc3)cc1)CC2.CN1CCn2c(C(=O)C3CC3)ccc2C12CCN(C(=O)c1ccc(C(C)(C)O)c(F)c1)CC2.[HH]. The van der Waals surface area contributed by atoms with Crippen LogP contribution >= 0.6 is 0 Å². The van der Waals surface area contributed by atoms with Crippen molar-refractivity contribution < 1.29 is 111 Å². The molecule has 732 valence electrons. The average Bonchev–Trinajstić information content (AvgIpc) is 1.63. The fraction of sp³-hybridized carbons (Fsp3) is 0.480. The van der Waals surface area contributed by atoms with Gasteiger partial charge in [0, 0.05) is 163 Å². The molecule has 12 heterocycles. The molecule has 5 fully saturated rings. The van der Waals surface area contributed by atoms with Gasteiger partial charge in [0.25, 0.3) is 29.4 Å². The summed E-state index contributed by atoms with van der Waals surface area (Å²) in [5, 5.41) is 23.6. The number of fused-ring (bicyclic) bond motifs is 8. The Morgan fingerprint density at radius 1 is 0.449 bits per heavy atom. The van der Waals surface area contributed by atoms with E-state index in [0.717, 1.165) is 66.7 Å². The second-order valence-corrected chi connectivity index (χ2v) is 38.1. The minimum absolute atomic E-state index is 0. The number of Topliss-reactive ketones (excluding diaryl/α,β-unsaturated/α-hetero) is 2. The lowest BCUT2D eigenvalue weighted by Gasteiger charge is -2.52. The molecule has 0 bridgehead atoms. The Bertz CT molecular complexity index is 5860. The number of benzene rings is 5. The monoisotopic (exact) mass is 1910 g/mol. The van der Waals surface area contributed by atoms with Crippen LogP contribution in [0.3, 0.4) is 0 Å². The van der Waals surface area contributed by atoms with E-state index in [0.29, 0.717) is 136 Å². The zero-order chi connectivity index (χ0) is 98.0. The number of nitrogens with zero attached hydrogens (tertiary/aromatic N) is 11. The normalized spacial score (nSPS) is 18.9. The van der Waals surface area contributed by atoms with E-state index in [2.05, 4.69) is 32.8 Å². The second kappa shape index (κ2) is 38.3. The first kappa shape index (κ1) is 99.3. The molecular formula is C100H114F14N12O10. The number of likely N-dealkylation sites (tertiary alicyclic amines) is 4. The standard InChI is InChI=1S/C28H28F3N3O3.C26H32FN3O3.C24H27F6N3O2.C22H25F4N3O2.H2/c1-32-17-18-34-23(25(35)28(29,30)31)11-12-24(34)27(32)13-15-33(16-14-27)26(36)21-7-9-22(10-8-21)37-19-20-5-3-2-4-6-20;1-25(2,33)19-7-6-18(16-20(19)27)24(32)29-12-10-26(11-13-29)22-9-8-21(23(31)17-4-5-17)30(22)15-14-28(26)3;1-21(2,35)17-5-3-16(4-6-17)20(34)31-11-9-22(10-12-31)18-7-8-19(24(28,29)30)33(18)14-13-32(22)15-23(25,26)27;1-14(2)31-15-3-4-16(17(23)13-15)20(30)28-10-7-21(8-11-28)18-5-6-19(22(24,25)26)29(18)12-9-27-21;/h2-12H,13-19H2,1H3;6-9,16-17,33H,4-5,10-15H2,1-3H3;3-8,35H,9-15H2,1-2H3;3-6,13-14,27H,7-12H2,1-2H3;1H. The number of carbonyl (C=O) groups excluding carboxylic acids is 6. The lowest BCUT2D eigenvalue weighted by molar-refractivity contribution is -0.171. The van der Waals surface area contributed by atoms with Gasteiger partial charge in [-0.15, -0.1) is 0 Å². The Morgan fingerprint density at radius 2 is 0.897 bits per heavy atom. The van der Waals surface area contributed by atoms with Crippen molar-refractivity contribution in [3.8, 4) is 11.5 Å². The van der Waals surface area contributed by atoms with Crippen LogP contribution in [0.5, 0.6) is 11.5 Å². The van der Waals surface area contributed by atoms with E-state index in [1.807, 2.05) is 57.3 Å². The number of ketones is 2. The summed E-state index contributed by atoms with van der Waals surface area (Å²) >= 11 is 0. The smallest absolute Gasteiger partial charge is 0.456 e. The predicted molar refractivity (Wildman–Crippen MR) is 478 cm³/mol. The molecule has 0 radical (unpaired) electrons. The van der Waals surface area contributed by atoms with Gasteiger partial charge in [-0.25, -0.2) is 8.78 Å².